The maximum Gasteiger partial charge on any atom is 0.471 e. The molecule has 28 heavy (non-hydrogen) atoms. The summed E-state index contributed by atoms with van der Waals surface area (Å²) in [6.45, 7) is 2.85. The van der Waals surface area contributed by atoms with Crippen LogP contribution in [0.4, 0.5) is 23.7 Å². The van der Waals surface area contributed by atoms with Gasteiger partial charge in [0.25, 0.3) is 0 Å². The highest BCUT2D eigenvalue weighted by molar-refractivity contribution is 7.15. The van der Waals surface area contributed by atoms with Gasteiger partial charge in [-0.1, -0.05) is 22.9 Å². The molecule has 0 unspecified atom stereocenters. The summed E-state index contributed by atoms with van der Waals surface area (Å²) in [5, 5.41) is 6.28. The van der Waals surface area contributed by atoms with Crippen molar-refractivity contribution in [2.24, 2.45) is 0 Å². The molecule has 0 saturated heterocycles. The number of urea groups is 1. The number of alkyl halides is 3. The lowest BCUT2D eigenvalue weighted by Crippen LogP contribution is -2.38. The average molecular weight is 408 g/mol. The second-order valence-electron chi connectivity index (χ2n) is 6.45. The number of rotatable bonds is 2. The minimum Gasteiger partial charge on any atom is -0.329 e. The first-order valence-electron chi connectivity index (χ1n) is 8.45. The van der Waals surface area contributed by atoms with Crippen molar-refractivity contribution in [2.75, 3.05) is 11.9 Å². The van der Waals surface area contributed by atoms with E-state index in [-0.39, 0.29) is 11.9 Å². The van der Waals surface area contributed by atoms with Crippen LogP contribution in [0.15, 0.2) is 34.9 Å². The molecule has 1 aliphatic rings. The molecule has 6 nitrogen and oxygen atoms in total. The van der Waals surface area contributed by atoms with Crippen molar-refractivity contribution in [1.29, 1.82) is 0 Å². The molecule has 0 saturated carbocycles. The van der Waals surface area contributed by atoms with Crippen LogP contribution in [0.25, 0.3) is 10.7 Å². The lowest BCUT2D eigenvalue weighted by atomic mass is 10.1. The minimum atomic E-state index is -4.67. The Morgan fingerprint density at radius 2 is 2.04 bits per heavy atom. The third-order valence-electron chi connectivity index (χ3n) is 4.35. The van der Waals surface area contributed by atoms with E-state index in [4.69, 9.17) is 0 Å². The highest BCUT2D eigenvalue weighted by Crippen LogP contribution is 2.35. The third kappa shape index (κ3) is 3.72. The van der Waals surface area contributed by atoms with Crippen LogP contribution in [0.1, 0.15) is 21.9 Å². The summed E-state index contributed by atoms with van der Waals surface area (Å²) in [5.74, 6) is -1.46. The first-order valence-corrected chi connectivity index (χ1v) is 9.27. The molecule has 3 aromatic rings. The molecule has 1 N–H and O–H groups in total. The predicted molar refractivity (Wildman–Crippen MR) is 96.9 cm³/mol. The SMILES string of the molecule is Cc1ccc(NC(=O)N2CCc3sc(-c4noc(C(F)(F)F)n4)cc3C2)cc1. The molecule has 1 aromatic carbocycles. The molecule has 2 aromatic heterocycles. The maximum atomic E-state index is 12.6. The molecule has 3 heterocycles. The number of benzene rings is 1. The number of fused-ring (bicyclic) bond motifs is 1. The van der Waals surface area contributed by atoms with Gasteiger partial charge in [-0.05, 0) is 37.1 Å². The van der Waals surface area contributed by atoms with Gasteiger partial charge in [0.15, 0.2) is 0 Å². The normalized spacial score (nSPS) is 14.1. The fraction of sp³-hybridized carbons (Fsp3) is 0.278. The smallest absolute Gasteiger partial charge is 0.329 e. The molecule has 1 aliphatic heterocycles. The van der Waals surface area contributed by atoms with Crippen LogP contribution < -0.4 is 5.32 Å². The Balaban J connectivity index is 1.48. The molecule has 0 aliphatic carbocycles. The number of anilines is 1. The van der Waals surface area contributed by atoms with E-state index in [1.54, 1.807) is 11.0 Å². The van der Waals surface area contributed by atoms with Gasteiger partial charge in [0.1, 0.15) is 0 Å². The van der Waals surface area contributed by atoms with Crippen molar-refractivity contribution in [2.45, 2.75) is 26.1 Å². The van der Waals surface area contributed by atoms with Crippen LogP contribution in [0.3, 0.4) is 0 Å². The first kappa shape index (κ1) is 18.5. The summed E-state index contributed by atoms with van der Waals surface area (Å²) in [6.07, 6.45) is -4.06. The molecular weight excluding hydrogens is 393 g/mol. The van der Waals surface area contributed by atoms with E-state index >= 15 is 0 Å². The fourth-order valence-electron chi connectivity index (χ4n) is 2.89. The van der Waals surface area contributed by atoms with E-state index in [1.807, 2.05) is 31.2 Å². The Morgan fingerprint density at radius 3 is 2.71 bits per heavy atom. The van der Waals surface area contributed by atoms with Crippen LogP contribution in [-0.2, 0) is 19.1 Å². The highest BCUT2D eigenvalue weighted by atomic mass is 32.1. The Hall–Kier alpha value is -2.88. The van der Waals surface area contributed by atoms with Gasteiger partial charge in [0.2, 0.25) is 5.82 Å². The second-order valence-corrected chi connectivity index (χ2v) is 7.58. The van der Waals surface area contributed by atoms with E-state index in [2.05, 4.69) is 20.0 Å². The van der Waals surface area contributed by atoms with Gasteiger partial charge in [-0.3, -0.25) is 0 Å². The van der Waals surface area contributed by atoms with Gasteiger partial charge in [-0.25, -0.2) is 4.79 Å². The summed E-state index contributed by atoms with van der Waals surface area (Å²) in [7, 11) is 0. The standard InChI is InChI=1S/C18H15F3N4O2S/c1-10-2-4-12(5-3-10)22-17(26)25-7-6-13-11(9-25)8-14(28-13)15-23-16(27-24-15)18(19,20)21/h2-5,8H,6-7,9H2,1H3,(H,22,26). The monoisotopic (exact) mass is 408 g/mol. The van der Waals surface area contributed by atoms with Crippen LogP contribution in [0.2, 0.25) is 0 Å². The molecule has 2 amide bonds. The number of halogens is 3. The zero-order valence-electron chi connectivity index (χ0n) is 14.7. The topological polar surface area (TPSA) is 71.3 Å². The lowest BCUT2D eigenvalue weighted by Gasteiger charge is -2.27. The number of hydrogen-bond donors (Lipinski definition) is 1. The number of amides is 2. The average Bonchev–Trinajstić information content (AvgIpc) is 3.29. The van der Waals surface area contributed by atoms with Gasteiger partial charge < -0.3 is 14.7 Å². The Labute approximate surface area is 162 Å². The van der Waals surface area contributed by atoms with Gasteiger partial charge in [0.05, 0.1) is 4.88 Å². The summed E-state index contributed by atoms with van der Waals surface area (Å²) >= 11 is 1.32. The lowest BCUT2D eigenvalue weighted by molar-refractivity contribution is -0.159. The van der Waals surface area contributed by atoms with Crippen LogP contribution in [0.5, 0.6) is 0 Å². The summed E-state index contributed by atoms with van der Waals surface area (Å²) in [5.41, 5.74) is 2.68. The number of aryl methyl sites for hydroxylation is 1. The largest absolute Gasteiger partial charge is 0.471 e. The Morgan fingerprint density at radius 1 is 1.29 bits per heavy atom. The van der Waals surface area contributed by atoms with Crippen molar-refractivity contribution in [3.63, 3.8) is 0 Å². The fourth-order valence-corrected chi connectivity index (χ4v) is 3.98. The van der Waals surface area contributed by atoms with E-state index < -0.39 is 12.1 Å². The van der Waals surface area contributed by atoms with E-state index in [0.29, 0.717) is 30.1 Å². The van der Waals surface area contributed by atoms with Crippen molar-refractivity contribution < 1.29 is 22.5 Å². The van der Waals surface area contributed by atoms with Crippen LogP contribution in [0, 0.1) is 6.92 Å². The number of thiophene rings is 1. The zero-order chi connectivity index (χ0) is 19.9. The molecule has 0 spiro atoms. The van der Waals surface area contributed by atoms with Gasteiger partial charge in [-0.15, -0.1) is 11.3 Å². The maximum absolute atomic E-state index is 12.6. The van der Waals surface area contributed by atoms with E-state index in [0.717, 1.165) is 16.0 Å². The van der Waals surface area contributed by atoms with Crippen molar-refractivity contribution in [1.82, 2.24) is 15.0 Å². The van der Waals surface area contributed by atoms with Crippen molar-refractivity contribution >= 4 is 23.1 Å². The number of carbonyl (C=O) groups is 1. The van der Waals surface area contributed by atoms with Gasteiger partial charge >= 0.3 is 18.1 Å². The second kappa shape index (κ2) is 6.93. The number of hydrogen-bond acceptors (Lipinski definition) is 5. The number of aromatic nitrogens is 2. The van der Waals surface area contributed by atoms with Crippen LogP contribution >= 0.6 is 11.3 Å². The highest BCUT2D eigenvalue weighted by Gasteiger charge is 2.38. The summed E-state index contributed by atoms with van der Waals surface area (Å²) in [6, 6.07) is 8.99. The summed E-state index contributed by atoms with van der Waals surface area (Å²) in [4.78, 5) is 19.1. The molecule has 146 valence electrons. The number of carbonyl (C=O) groups excluding carboxylic acids is 1. The van der Waals surface area contributed by atoms with Gasteiger partial charge in [-0.2, -0.15) is 18.2 Å². The van der Waals surface area contributed by atoms with E-state index in [9.17, 15) is 18.0 Å². The molecule has 0 atom stereocenters. The summed E-state index contributed by atoms with van der Waals surface area (Å²) < 4.78 is 42.2. The van der Waals surface area contributed by atoms with Crippen LogP contribution in [-0.4, -0.2) is 27.6 Å². The Bertz CT molecular complexity index is 1010. The Kier molecular flexibility index (Phi) is 4.58. The van der Waals surface area contributed by atoms with Crippen molar-refractivity contribution in [3.8, 4) is 10.7 Å². The molecule has 4 rings (SSSR count). The third-order valence-corrected chi connectivity index (χ3v) is 5.58. The molecular formula is C18H15F3N4O2S. The predicted octanol–water partition coefficient (Wildman–Crippen LogP) is 4.72. The molecule has 0 fully saturated rings. The van der Waals surface area contributed by atoms with Crippen molar-refractivity contribution in [3.05, 3.63) is 52.2 Å². The first-order chi connectivity index (χ1) is 13.3. The van der Waals surface area contributed by atoms with E-state index in [1.165, 1.54) is 11.3 Å². The number of nitrogens with one attached hydrogen (secondary N) is 1. The quantitative estimate of drug-likeness (QED) is 0.666. The minimum absolute atomic E-state index is 0.0950. The zero-order valence-corrected chi connectivity index (χ0v) is 15.5. The number of nitrogens with zero attached hydrogens (tertiary/aromatic N) is 3. The molecule has 10 heteroatoms. The molecule has 0 bridgehead atoms. The molecule has 0 radical (unpaired) electrons. The van der Waals surface area contributed by atoms with Gasteiger partial charge in [0, 0.05) is 23.7 Å².